The molecule has 2 heterocycles. The van der Waals surface area contributed by atoms with Gasteiger partial charge in [-0.1, -0.05) is 36.4 Å². The first-order valence-corrected chi connectivity index (χ1v) is 10.0. The fourth-order valence-corrected chi connectivity index (χ4v) is 3.67. The number of imidazole rings is 1. The molecule has 6 nitrogen and oxygen atoms in total. The van der Waals surface area contributed by atoms with Crippen molar-refractivity contribution in [1.82, 2.24) is 14.9 Å². The molecular weight excluding hydrogens is 390 g/mol. The number of fused-ring (bicyclic) bond motifs is 2. The molecule has 1 aliphatic rings. The van der Waals surface area contributed by atoms with E-state index in [0.29, 0.717) is 17.9 Å². The summed E-state index contributed by atoms with van der Waals surface area (Å²) in [5.74, 6) is 2.86. The number of aromatic nitrogens is 2. The Balaban J connectivity index is 1.33. The topological polar surface area (TPSA) is 65.4 Å². The molecule has 0 fully saturated rings. The van der Waals surface area contributed by atoms with Crippen molar-refractivity contribution >= 4 is 5.91 Å². The van der Waals surface area contributed by atoms with Crippen molar-refractivity contribution in [3.05, 3.63) is 108 Å². The van der Waals surface area contributed by atoms with Gasteiger partial charge in [-0.15, -0.1) is 0 Å². The van der Waals surface area contributed by atoms with Crippen molar-refractivity contribution in [2.75, 3.05) is 0 Å². The van der Waals surface area contributed by atoms with Gasteiger partial charge in [0.15, 0.2) is 0 Å². The Labute approximate surface area is 180 Å². The van der Waals surface area contributed by atoms with Crippen LogP contribution in [0.2, 0.25) is 0 Å². The molecule has 1 amide bonds. The molecule has 6 heteroatoms. The summed E-state index contributed by atoms with van der Waals surface area (Å²) in [5, 5.41) is 3.16. The van der Waals surface area contributed by atoms with E-state index in [0.717, 1.165) is 28.5 Å². The van der Waals surface area contributed by atoms with Crippen molar-refractivity contribution in [3.8, 4) is 17.2 Å². The van der Waals surface area contributed by atoms with E-state index < -0.39 is 0 Å². The normalized spacial score (nSPS) is 12.4. The van der Waals surface area contributed by atoms with Gasteiger partial charge in [-0.3, -0.25) is 4.79 Å². The van der Waals surface area contributed by atoms with Gasteiger partial charge in [-0.05, 0) is 36.4 Å². The van der Waals surface area contributed by atoms with E-state index in [9.17, 15) is 4.79 Å². The molecule has 0 unspecified atom stereocenters. The third-order valence-corrected chi connectivity index (χ3v) is 5.36. The molecule has 0 atom stereocenters. The number of nitrogens with zero attached hydrogens (tertiary/aromatic N) is 2. The van der Waals surface area contributed by atoms with Gasteiger partial charge in [0.05, 0.1) is 6.04 Å². The van der Waals surface area contributed by atoms with Gasteiger partial charge in [0.2, 0.25) is 0 Å². The maximum absolute atomic E-state index is 13.0. The second kappa shape index (κ2) is 7.99. The smallest absolute Gasteiger partial charge is 0.252 e. The standard InChI is InChI=1S/C25H21N3O3/c1-28-15-14-26-23(28)16-30-18-12-10-17(11-13-18)25(29)27-24-19-6-2-4-8-21(19)31-22-9-5-3-7-20(22)24/h2-15,24H,16H2,1H3,(H,27,29). The SMILES string of the molecule is Cn1ccnc1COc1ccc(C(=O)NC2c3ccccc3Oc3ccccc32)cc1. The van der Waals surface area contributed by atoms with E-state index in [1.165, 1.54) is 0 Å². The van der Waals surface area contributed by atoms with Crippen LogP contribution in [0.4, 0.5) is 0 Å². The van der Waals surface area contributed by atoms with Crippen LogP contribution in [0.1, 0.15) is 33.4 Å². The van der Waals surface area contributed by atoms with E-state index in [1.807, 2.05) is 66.3 Å². The Hall–Kier alpha value is -4.06. The Kier molecular flexibility index (Phi) is 4.88. The maximum Gasteiger partial charge on any atom is 0.252 e. The minimum absolute atomic E-state index is 0.160. The predicted molar refractivity (Wildman–Crippen MR) is 116 cm³/mol. The largest absolute Gasteiger partial charge is 0.486 e. The summed E-state index contributed by atoms with van der Waals surface area (Å²) in [5.41, 5.74) is 2.43. The highest BCUT2D eigenvalue weighted by Crippen LogP contribution is 2.42. The van der Waals surface area contributed by atoms with E-state index in [4.69, 9.17) is 9.47 Å². The van der Waals surface area contributed by atoms with E-state index in [2.05, 4.69) is 10.3 Å². The van der Waals surface area contributed by atoms with Crippen molar-refractivity contribution in [3.63, 3.8) is 0 Å². The number of aryl methyl sites for hydroxylation is 1. The second-order valence-corrected chi connectivity index (χ2v) is 7.35. The molecule has 0 saturated heterocycles. The lowest BCUT2D eigenvalue weighted by molar-refractivity contribution is 0.0941. The summed E-state index contributed by atoms with van der Waals surface area (Å²) in [6.07, 6.45) is 3.61. The second-order valence-electron chi connectivity index (χ2n) is 7.35. The molecule has 0 aliphatic carbocycles. The van der Waals surface area contributed by atoms with Crippen molar-refractivity contribution < 1.29 is 14.3 Å². The number of para-hydroxylation sites is 2. The quantitative estimate of drug-likeness (QED) is 0.520. The molecule has 0 saturated carbocycles. The average Bonchev–Trinajstić information content (AvgIpc) is 3.22. The first kappa shape index (κ1) is 18.9. The van der Waals surface area contributed by atoms with Crippen molar-refractivity contribution in [2.45, 2.75) is 12.6 Å². The first-order valence-electron chi connectivity index (χ1n) is 10.0. The van der Waals surface area contributed by atoms with Crippen LogP contribution in [-0.4, -0.2) is 15.5 Å². The number of benzene rings is 3. The summed E-state index contributed by atoms with van der Waals surface area (Å²) in [6.45, 7) is 0.366. The molecule has 1 N–H and O–H groups in total. The highest BCUT2D eigenvalue weighted by atomic mass is 16.5. The Bertz CT molecular complexity index is 1190. The van der Waals surface area contributed by atoms with Crippen LogP contribution in [-0.2, 0) is 13.7 Å². The monoisotopic (exact) mass is 411 g/mol. The lowest BCUT2D eigenvalue weighted by Crippen LogP contribution is -2.31. The van der Waals surface area contributed by atoms with E-state index in [1.54, 1.807) is 30.5 Å². The van der Waals surface area contributed by atoms with Gasteiger partial charge in [-0.2, -0.15) is 0 Å². The van der Waals surface area contributed by atoms with Crippen LogP contribution < -0.4 is 14.8 Å². The molecule has 154 valence electrons. The van der Waals surface area contributed by atoms with Crippen molar-refractivity contribution in [2.24, 2.45) is 7.05 Å². The first-order chi connectivity index (χ1) is 15.2. The third-order valence-electron chi connectivity index (χ3n) is 5.36. The fraction of sp³-hybridized carbons (Fsp3) is 0.120. The lowest BCUT2D eigenvalue weighted by atomic mass is 9.94. The number of carbonyl (C=O) groups is 1. The zero-order chi connectivity index (χ0) is 21.2. The molecule has 5 rings (SSSR count). The van der Waals surface area contributed by atoms with Crippen LogP contribution in [0, 0.1) is 0 Å². The molecule has 4 aromatic rings. The molecular formula is C25H21N3O3. The van der Waals surface area contributed by atoms with Crippen LogP contribution in [0.5, 0.6) is 17.2 Å². The zero-order valence-electron chi connectivity index (χ0n) is 17.0. The molecule has 0 radical (unpaired) electrons. The molecule has 3 aromatic carbocycles. The molecule has 0 spiro atoms. The lowest BCUT2D eigenvalue weighted by Gasteiger charge is -2.28. The zero-order valence-corrected chi connectivity index (χ0v) is 17.0. The van der Waals surface area contributed by atoms with Crippen LogP contribution in [0.3, 0.4) is 0 Å². The number of hydrogen-bond donors (Lipinski definition) is 1. The highest BCUT2D eigenvalue weighted by Gasteiger charge is 2.28. The predicted octanol–water partition coefficient (Wildman–Crippen LogP) is 4.62. The molecule has 0 bridgehead atoms. The molecule has 1 aromatic heterocycles. The van der Waals surface area contributed by atoms with Gasteiger partial charge in [0.1, 0.15) is 29.7 Å². The average molecular weight is 411 g/mol. The van der Waals surface area contributed by atoms with Crippen LogP contribution in [0.15, 0.2) is 85.2 Å². The molecule has 31 heavy (non-hydrogen) atoms. The highest BCUT2D eigenvalue weighted by molar-refractivity contribution is 5.95. The summed E-state index contributed by atoms with van der Waals surface area (Å²) in [6, 6.07) is 22.4. The number of carbonyl (C=O) groups excluding carboxylic acids is 1. The summed E-state index contributed by atoms with van der Waals surface area (Å²) < 4.78 is 13.7. The summed E-state index contributed by atoms with van der Waals surface area (Å²) >= 11 is 0. The van der Waals surface area contributed by atoms with E-state index >= 15 is 0 Å². The van der Waals surface area contributed by atoms with Gasteiger partial charge >= 0.3 is 0 Å². The maximum atomic E-state index is 13.0. The van der Waals surface area contributed by atoms with E-state index in [-0.39, 0.29) is 11.9 Å². The number of amides is 1. The minimum Gasteiger partial charge on any atom is -0.486 e. The number of nitrogens with one attached hydrogen (secondary N) is 1. The van der Waals surface area contributed by atoms with Crippen molar-refractivity contribution in [1.29, 1.82) is 0 Å². The summed E-state index contributed by atoms with van der Waals surface area (Å²) in [4.78, 5) is 17.3. The number of ether oxygens (including phenoxy) is 2. The fourth-order valence-electron chi connectivity index (χ4n) is 3.67. The van der Waals surface area contributed by atoms with Gasteiger partial charge in [0.25, 0.3) is 5.91 Å². The Morgan fingerprint density at radius 3 is 2.26 bits per heavy atom. The van der Waals surface area contributed by atoms with Gasteiger partial charge < -0.3 is 19.4 Å². The Morgan fingerprint density at radius 1 is 1.00 bits per heavy atom. The third kappa shape index (κ3) is 3.75. The van der Waals surface area contributed by atoms with Crippen LogP contribution in [0.25, 0.3) is 0 Å². The van der Waals surface area contributed by atoms with Gasteiger partial charge in [0, 0.05) is 36.1 Å². The molecule has 1 aliphatic heterocycles. The van der Waals surface area contributed by atoms with Gasteiger partial charge in [-0.25, -0.2) is 4.98 Å². The minimum atomic E-state index is -0.284. The number of hydrogen-bond acceptors (Lipinski definition) is 4. The number of rotatable bonds is 5. The van der Waals surface area contributed by atoms with Crippen LogP contribution >= 0.6 is 0 Å². The summed E-state index contributed by atoms with van der Waals surface area (Å²) in [7, 11) is 1.92. The Morgan fingerprint density at radius 2 is 1.65 bits per heavy atom.